The zero-order chi connectivity index (χ0) is 39.3. The van der Waals surface area contributed by atoms with E-state index < -0.39 is 0 Å². The highest BCUT2D eigenvalue weighted by Gasteiger charge is 2.26. The first-order valence-corrected chi connectivity index (χ1v) is 20.5. The van der Waals surface area contributed by atoms with Crippen molar-refractivity contribution < 1.29 is 0 Å². The first kappa shape index (κ1) is 32.9. The van der Waals surface area contributed by atoms with E-state index in [2.05, 4.69) is 215 Å². The molecule has 0 aliphatic rings. The van der Waals surface area contributed by atoms with Crippen LogP contribution in [0, 0.1) is 0 Å². The molecule has 0 amide bonds. The maximum Gasteiger partial charge on any atom is 0.235 e. The summed E-state index contributed by atoms with van der Waals surface area (Å²) < 4.78 is 4.81. The van der Waals surface area contributed by atoms with Gasteiger partial charge in [0.15, 0.2) is 0 Å². The van der Waals surface area contributed by atoms with Crippen LogP contribution in [-0.4, -0.2) is 18.9 Å². The van der Waals surface area contributed by atoms with Gasteiger partial charge >= 0.3 is 0 Å². The van der Waals surface area contributed by atoms with Crippen LogP contribution in [0.1, 0.15) is 0 Å². The van der Waals surface area contributed by atoms with Crippen molar-refractivity contribution in [1.29, 1.82) is 0 Å². The normalized spacial score (nSPS) is 12.0. The Balaban J connectivity index is 1.15. The number of nitrogens with zero attached hydrogens (tertiary/aromatic N) is 4. The number of para-hydroxylation sites is 2. The zero-order valence-corrected chi connectivity index (χ0v) is 32.4. The Hall–Kier alpha value is -8.08. The second-order valence-electron chi connectivity index (χ2n) is 15.8. The van der Waals surface area contributed by atoms with Gasteiger partial charge in [-0.15, -0.1) is 0 Å². The fourth-order valence-electron chi connectivity index (χ4n) is 9.73. The molecule has 0 N–H and O–H groups in total. The largest absolute Gasteiger partial charge is 0.308 e. The first-order chi connectivity index (χ1) is 29.8. The van der Waals surface area contributed by atoms with E-state index in [1.807, 2.05) is 0 Å². The highest BCUT2D eigenvalue weighted by Crippen LogP contribution is 2.48. The summed E-state index contributed by atoms with van der Waals surface area (Å²) in [4.78, 5) is 10.9. The maximum atomic E-state index is 5.53. The van der Waals surface area contributed by atoms with Crippen LogP contribution in [0.25, 0.3) is 121 Å². The van der Waals surface area contributed by atoms with Gasteiger partial charge in [-0.1, -0.05) is 170 Å². The molecule has 0 aliphatic carbocycles. The number of aromatic nitrogens is 4. The second kappa shape index (κ2) is 12.7. The predicted molar refractivity (Wildman–Crippen MR) is 250 cm³/mol. The minimum absolute atomic E-state index is 0.649. The van der Waals surface area contributed by atoms with Crippen molar-refractivity contribution in [2.24, 2.45) is 0 Å². The molecule has 4 aromatic heterocycles. The lowest BCUT2D eigenvalue weighted by Crippen LogP contribution is -2.03. The van der Waals surface area contributed by atoms with Gasteiger partial charge in [-0.25, -0.2) is 9.97 Å². The molecule has 0 aliphatic heterocycles. The summed E-state index contributed by atoms with van der Waals surface area (Å²) in [6, 6.07) is 74.2. The van der Waals surface area contributed by atoms with Crippen LogP contribution in [0.4, 0.5) is 0 Å². The summed E-state index contributed by atoms with van der Waals surface area (Å²) >= 11 is 0. The lowest BCUT2D eigenvalue weighted by Gasteiger charge is -2.12. The minimum atomic E-state index is 0.649. The van der Waals surface area contributed by atoms with Crippen LogP contribution < -0.4 is 0 Å². The fraction of sp³-hybridized carbons (Fsp3) is 0. The summed E-state index contributed by atoms with van der Waals surface area (Å²) in [5, 5.41) is 8.33. The molecule has 0 radical (unpaired) electrons. The molecule has 278 valence electrons. The fourth-order valence-corrected chi connectivity index (χ4v) is 9.73. The number of hydrogen-bond donors (Lipinski definition) is 0. The van der Waals surface area contributed by atoms with Crippen molar-refractivity contribution >= 4 is 70.8 Å². The van der Waals surface area contributed by atoms with Gasteiger partial charge in [0.25, 0.3) is 0 Å². The Labute approximate surface area is 345 Å². The summed E-state index contributed by atoms with van der Waals surface area (Å²) in [6.07, 6.45) is 0. The van der Waals surface area contributed by atoms with Crippen molar-refractivity contribution in [3.63, 3.8) is 0 Å². The Morgan fingerprint density at radius 1 is 0.300 bits per heavy atom. The van der Waals surface area contributed by atoms with Gasteiger partial charge in [-0.2, -0.15) is 0 Å². The molecule has 0 bridgehead atoms. The van der Waals surface area contributed by atoms with Gasteiger partial charge in [-0.05, 0) is 69.8 Å². The third-order valence-corrected chi connectivity index (χ3v) is 12.5. The van der Waals surface area contributed by atoms with Crippen LogP contribution >= 0.6 is 0 Å². The van der Waals surface area contributed by atoms with Crippen LogP contribution in [-0.2, 0) is 0 Å². The molecule has 0 unspecified atom stereocenters. The highest BCUT2D eigenvalue weighted by molar-refractivity contribution is 6.36. The quantitative estimate of drug-likeness (QED) is 0.175. The van der Waals surface area contributed by atoms with E-state index in [0.29, 0.717) is 5.95 Å². The molecule has 0 fully saturated rings. The molecule has 13 aromatic rings. The molecular formula is C56H34N4. The Kier molecular flexibility index (Phi) is 6.98. The first-order valence-electron chi connectivity index (χ1n) is 20.5. The van der Waals surface area contributed by atoms with Gasteiger partial charge < -0.3 is 4.40 Å². The van der Waals surface area contributed by atoms with E-state index >= 15 is 0 Å². The van der Waals surface area contributed by atoms with Crippen LogP contribution in [0.3, 0.4) is 0 Å². The van der Waals surface area contributed by atoms with Crippen LogP contribution in [0.15, 0.2) is 206 Å². The average molecular weight is 763 g/mol. The van der Waals surface area contributed by atoms with Gasteiger partial charge in [0.1, 0.15) is 0 Å². The second-order valence-corrected chi connectivity index (χ2v) is 15.8. The number of fused-ring (bicyclic) bond motifs is 11. The molecule has 4 nitrogen and oxygen atoms in total. The number of rotatable bonds is 5. The van der Waals surface area contributed by atoms with Crippen molar-refractivity contribution in [2.75, 3.05) is 0 Å². The van der Waals surface area contributed by atoms with E-state index in [1.54, 1.807) is 0 Å². The van der Waals surface area contributed by atoms with E-state index in [0.717, 1.165) is 33.2 Å². The molecule has 0 saturated heterocycles. The summed E-state index contributed by atoms with van der Waals surface area (Å²) in [5.41, 5.74) is 15.8. The molecule has 0 atom stereocenters. The van der Waals surface area contributed by atoms with Crippen molar-refractivity contribution in [2.45, 2.75) is 0 Å². The molecule has 4 heteroatoms. The van der Waals surface area contributed by atoms with Gasteiger partial charge in [0, 0.05) is 43.3 Å². The maximum absolute atomic E-state index is 5.53. The molecular weight excluding hydrogens is 729 g/mol. The third-order valence-electron chi connectivity index (χ3n) is 12.5. The van der Waals surface area contributed by atoms with Crippen molar-refractivity contribution in [1.82, 2.24) is 18.9 Å². The Bertz CT molecular complexity index is 3790. The Morgan fingerprint density at radius 3 is 1.60 bits per heavy atom. The lowest BCUT2D eigenvalue weighted by atomic mass is 9.99. The SMILES string of the molecule is c1ccc(-c2ccc(-c3nc(-n4c5ccc(-c6ccccc6)cc5c5c6c7ccccc7n7c8cc(-c9ccccc9)ccc8c(cc54)c67)nc4ccccc34)cc2)cc1. The molecule has 0 spiro atoms. The number of benzene rings is 9. The van der Waals surface area contributed by atoms with Crippen molar-refractivity contribution in [3.05, 3.63) is 206 Å². The Morgan fingerprint density at radius 2 is 0.867 bits per heavy atom. The van der Waals surface area contributed by atoms with Crippen molar-refractivity contribution in [3.8, 4) is 50.6 Å². The molecule has 4 heterocycles. The summed E-state index contributed by atoms with van der Waals surface area (Å²) in [6.45, 7) is 0. The zero-order valence-electron chi connectivity index (χ0n) is 32.4. The van der Waals surface area contributed by atoms with E-state index in [4.69, 9.17) is 9.97 Å². The van der Waals surface area contributed by atoms with Crippen LogP contribution in [0.2, 0.25) is 0 Å². The smallest absolute Gasteiger partial charge is 0.235 e. The third kappa shape index (κ3) is 4.79. The summed E-state index contributed by atoms with van der Waals surface area (Å²) in [5.74, 6) is 0.649. The van der Waals surface area contributed by atoms with Crippen LogP contribution in [0.5, 0.6) is 0 Å². The summed E-state index contributed by atoms with van der Waals surface area (Å²) in [7, 11) is 0. The standard InChI is InChI=1S/C56H34N4/c1-4-14-35(15-5-1)38-24-26-39(27-25-38)54-43-20-10-12-22-47(43)57-56(58-54)60-49-31-29-40(36-16-6-2-7-17-36)32-46(49)52-51(60)34-45-42-30-28-41(37-18-8-3-9-19-37)33-50(42)59-48-23-13-11-21-44(48)53(52)55(45)59/h1-34H. The van der Waals surface area contributed by atoms with E-state index in [-0.39, 0.29) is 0 Å². The molecule has 9 aromatic carbocycles. The van der Waals surface area contributed by atoms with E-state index in [9.17, 15) is 0 Å². The van der Waals surface area contributed by atoms with Gasteiger partial charge in [0.2, 0.25) is 5.95 Å². The topological polar surface area (TPSA) is 35.1 Å². The van der Waals surface area contributed by atoms with Gasteiger partial charge in [0.05, 0.1) is 38.8 Å². The van der Waals surface area contributed by atoms with E-state index in [1.165, 1.54) is 82.2 Å². The highest BCUT2D eigenvalue weighted by atomic mass is 15.2. The lowest BCUT2D eigenvalue weighted by molar-refractivity contribution is 1.01. The van der Waals surface area contributed by atoms with Gasteiger partial charge in [-0.3, -0.25) is 4.57 Å². The minimum Gasteiger partial charge on any atom is -0.308 e. The molecule has 13 rings (SSSR count). The molecule has 60 heavy (non-hydrogen) atoms. The number of hydrogen-bond acceptors (Lipinski definition) is 2. The predicted octanol–water partition coefficient (Wildman–Crippen LogP) is 14.5. The monoisotopic (exact) mass is 762 g/mol. The molecule has 0 saturated carbocycles. The average Bonchev–Trinajstić information content (AvgIpc) is 3.96.